The molecule has 5 nitrogen and oxygen atoms in total. The van der Waals surface area contributed by atoms with E-state index in [9.17, 15) is 0 Å². The lowest BCUT2D eigenvalue weighted by atomic mass is 9.80. The Morgan fingerprint density at radius 3 is 1.81 bits per heavy atom. The first-order valence-corrected chi connectivity index (χ1v) is 13.6. The average Bonchev–Trinajstić information content (AvgIpc) is 3.58. The zero-order chi connectivity index (χ0) is 25.5. The van der Waals surface area contributed by atoms with E-state index in [0.717, 1.165) is 27.3 Å². The monoisotopic (exact) mass is 513 g/mol. The molecule has 3 aromatic carbocycles. The van der Waals surface area contributed by atoms with E-state index in [0.29, 0.717) is 6.61 Å². The lowest BCUT2D eigenvalue weighted by Crippen LogP contribution is -2.39. The Bertz CT molecular complexity index is 1230. The molecule has 6 heteroatoms. The molecule has 2 aliphatic heterocycles. The summed E-state index contributed by atoms with van der Waals surface area (Å²) in [5, 5.41) is 0. The summed E-state index contributed by atoms with van der Waals surface area (Å²) >= 11 is 1.60. The first kappa shape index (κ1) is 24.5. The van der Waals surface area contributed by atoms with E-state index in [1.807, 2.05) is 44.5 Å². The van der Waals surface area contributed by atoms with Gasteiger partial charge in [-0.3, -0.25) is 0 Å². The van der Waals surface area contributed by atoms with Crippen LogP contribution in [0.4, 0.5) is 0 Å². The molecule has 4 atom stereocenters. The molecule has 0 aliphatic carbocycles. The van der Waals surface area contributed by atoms with Gasteiger partial charge in [0.15, 0.2) is 5.79 Å². The predicted molar refractivity (Wildman–Crippen MR) is 143 cm³/mol. The fourth-order valence-electron chi connectivity index (χ4n) is 5.59. The Morgan fingerprint density at radius 2 is 1.32 bits per heavy atom. The maximum Gasteiger partial charge on any atom is 0.164 e. The summed E-state index contributed by atoms with van der Waals surface area (Å²) in [6.07, 6.45) is -1.02. The molecule has 0 radical (unpaired) electrons. The van der Waals surface area contributed by atoms with Crippen molar-refractivity contribution in [3.63, 3.8) is 0 Å². The summed E-state index contributed by atoms with van der Waals surface area (Å²) in [5.41, 5.74) is 5.17. The highest BCUT2D eigenvalue weighted by Crippen LogP contribution is 2.48. The third kappa shape index (κ3) is 4.43. The van der Waals surface area contributed by atoms with Gasteiger partial charge in [-0.25, -0.2) is 4.98 Å². The summed E-state index contributed by atoms with van der Waals surface area (Å²) < 4.78 is 26.5. The van der Waals surface area contributed by atoms with E-state index in [1.54, 1.807) is 11.3 Å². The molecule has 2 aliphatic rings. The van der Waals surface area contributed by atoms with E-state index >= 15 is 0 Å². The van der Waals surface area contributed by atoms with Gasteiger partial charge in [0, 0.05) is 0 Å². The van der Waals surface area contributed by atoms with Gasteiger partial charge in [-0.15, -0.1) is 11.3 Å². The number of hydrogen-bond acceptors (Lipinski definition) is 6. The van der Waals surface area contributed by atoms with Crippen LogP contribution >= 0.6 is 11.3 Å². The van der Waals surface area contributed by atoms with E-state index < -0.39 is 11.4 Å². The van der Waals surface area contributed by atoms with Crippen molar-refractivity contribution < 1.29 is 18.9 Å². The molecule has 0 spiro atoms. The van der Waals surface area contributed by atoms with Crippen molar-refractivity contribution >= 4 is 11.3 Å². The first-order valence-electron chi connectivity index (χ1n) is 12.7. The molecule has 4 aromatic rings. The van der Waals surface area contributed by atoms with Gasteiger partial charge in [-0.1, -0.05) is 91.0 Å². The Hall–Kier alpha value is -2.87. The average molecular weight is 514 g/mol. The third-order valence-electron chi connectivity index (χ3n) is 7.20. The molecule has 1 aromatic heterocycles. The number of rotatable bonds is 7. The molecule has 0 saturated carbocycles. The van der Waals surface area contributed by atoms with Gasteiger partial charge in [0.05, 0.1) is 22.7 Å². The number of benzene rings is 3. The third-order valence-corrected chi connectivity index (χ3v) is 8.19. The van der Waals surface area contributed by atoms with E-state index in [-0.39, 0.29) is 24.4 Å². The van der Waals surface area contributed by atoms with Crippen LogP contribution in [-0.4, -0.2) is 35.7 Å². The fraction of sp³-hybridized carbons (Fsp3) is 0.323. The zero-order valence-electron chi connectivity index (χ0n) is 21.2. The van der Waals surface area contributed by atoms with Crippen LogP contribution in [0.15, 0.2) is 96.5 Å². The molecular weight excluding hydrogens is 482 g/mol. The Kier molecular flexibility index (Phi) is 6.47. The number of aromatic nitrogens is 1. The van der Waals surface area contributed by atoms with Crippen LogP contribution in [0.3, 0.4) is 0 Å². The van der Waals surface area contributed by atoms with Crippen LogP contribution in [0.1, 0.15) is 47.2 Å². The second-order valence-electron chi connectivity index (χ2n) is 10.1. The molecule has 37 heavy (non-hydrogen) atoms. The number of hydrogen-bond donors (Lipinski definition) is 0. The SMILES string of the molecule is Cc1ncsc1[C@@H]1O[C@H](COC(c2ccccc2)(c2ccccc2)c2ccccc2)[C@H]2OC(C)(C)O[C@H]21. The van der Waals surface area contributed by atoms with Crippen LogP contribution in [0.25, 0.3) is 0 Å². The largest absolute Gasteiger partial charge is 0.361 e. The Morgan fingerprint density at radius 1 is 0.811 bits per heavy atom. The molecule has 2 saturated heterocycles. The molecule has 0 unspecified atom stereocenters. The van der Waals surface area contributed by atoms with E-state index in [1.165, 1.54) is 0 Å². The van der Waals surface area contributed by atoms with Crippen molar-refractivity contribution in [2.75, 3.05) is 6.61 Å². The van der Waals surface area contributed by atoms with Crippen LogP contribution in [0, 0.1) is 6.92 Å². The Balaban J connectivity index is 1.40. The standard InChI is InChI=1S/C31H31NO4S/c1-21-29(37-20-32-21)28-27-26(35-30(2,3)36-27)25(34-28)19-33-31(22-13-7-4-8-14-22,23-15-9-5-10-16-23)24-17-11-6-12-18-24/h4-18,20,25-28H,19H2,1-3H3/t25-,26-,27-,28-/m1/s1. The number of thiazole rings is 1. The number of nitrogens with zero attached hydrogens (tertiary/aromatic N) is 1. The fourth-order valence-corrected chi connectivity index (χ4v) is 6.46. The molecule has 190 valence electrons. The summed E-state index contributed by atoms with van der Waals surface area (Å²) in [6.45, 7) is 6.26. The second kappa shape index (κ2) is 9.78. The van der Waals surface area contributed by atoms with Gasteiger partial charge in [0.25, 0.3) is 0 Å². The Labute approximate surface area is 222 Å². The lowest BCUT2D eigenvalue weighted by Gasteiger charge is -2.37. The predicted octanol–water partition coefficient (Wildman–Crippen LogP) is 6.42. The first-order chi connectivity index (χ1) is 18.0. The molecular formula is C31H31NO4S. The van der Waals surface area contributed by atoms with Gasteiger partial charge in [-0.2, -0.15) is 0 Å². The summed E-state index contributed by atoms with van der Waals surface area (Å²) in [4.78, 5) is 5.53. The molecule has 2 fully saturated rings. The highest BCUT2D eigenvalue weighted by atomic mass is 32.1. The van der Waals surface area contributed by atoms with Gasteiger partial charge in [-0.05, 0) is 37.5 Å². The summed E-state index contributed by atoms with van der Waals surface area (Å²) in [5.74, 6) is -0.691. The van der Waals surface area contributed by atoms with Crippen LogP contribution in [0.2, 0.25) is 0 Å². The highest BCUT2D eigenvalue weighted by Gasteiger charge is 2.56. The maximum atomic E-state index is 7.07. The van der Waals surface area contributed by atoms with Crippen molar-refractivity contribution in [3.8, 4) is 0 Å². The minimum atomic E-state index is -0.823. The molecule has 0 N–H and O–H groups in total. The molecule has 0 bridgehead atoms. The topological polar surface area (TPSA) is 49.8 Å². The minimum absolute atomic E-state index is 0.220. The zero-order valence-corrected chi connectivity index (χ0v) is 22.1. The number of aryl methyl sites for hydroxylation is 1. The van der Waals surface area contributed by atoms with Crippen LogP contribution in [0.5, 0.6) is 0 Å². The van der Waals surface area contributed by atoms with E-state index in [2.05, 4.69) is 77.8 Å². The van der Waals surface area contributed by atoms with Crippen molar-refractivity contribution in [3.05, 3.63) is 124 Å². The van der Waals surface area contributed by atoms with Crippen molar-refractivity contribution in [1.82, 2.24) is 4.98 Å². The summed E-state index contributed by atoms with van der Waals surface area (Å²) in [6, 6.07) is 31.2. The molecule has 3 heterocycles. The smallest absolute Gasteiger partial charge is 0.164 e. The van der Waals surface area contributed by atoms with Gasteiger partial charge < -0.3 is 18.9 Å². The van der Waals surface area contributed by atoms with Gasteiger partial charge >= 0.3 is 0 Å². The van der Waals surface area contributed by atoms with Gasteiger partial charge in [0.2, 0.25) is 0 Å². The number of ether oxygens (including phenoxy) is 4. The van der Waals surface area contributed by atoms with Crippen molar-refractivity contribution in [2.45, 2.75) is 56.6 Å². The van der Waals surface area contributed by atoms with Crippen LogP contribution < -0.4 is 0 Å². The number of fused-ring (bicyclic) bond motifs is 1. The van der Waals surface area contributed by atoms with Crippen LogP contribution in [-0.2, 0) is 24.5 Å². The highest BCUT2D eigenvalue weighted by molar-refractivity contribution is 7.09. The second-order valence-corrected chi connectivity index (χ2v) is 10.9. The maximum absolute atomic E-state index is 7.07. The lowest BCUT2D eigenvalue weighted by molar-refractivity contribution is -0.196. The van der Waals surface area contributed by atoms with Crippen molar-refractivity contribution in [1.29, 1.82) is 0 Å². The molecule has 6 rings (SSSR count). The molecule has 0 amide bonds. The normalized spacial score (nSPS) is 24.7. The quantitative estimate of drug-likeness (QED) is 0.267. The van der Waals surface area contributed by atoms with Crippen molar-refractivity contribution in [2.24, 2.45) is 0 Å². The minimum Gasteiger partial charge on any atom is -0.361 e. The van der Waals surface area contributed by atoms with Gasteiger partial charge in [0.1, 0.15) is 30.0 Å². The van der Waals surface area contributed by atoms with E-state index in [4.69, 9.17) is 18.9 Å². The summed E-state index contributed by atoms with van der Waals surface area (Å²) in [7, 11) is 0.